The predicted octanol–water partition coefficient (Wildman–Crippen LogP) is 1.60. The van der Waals surface area contributed by atoms with Crippen LogP contribution in [0.4, 0.5) is 0 Å². The Bertz CT molecular complexity index is 304. The van der Waals surface area contributed by atoms with Gasteiger partial charge in [-0.2, -0.15) is 0 Å². The number of aromatic nitrogens is 1. The summed E-state index contributed by atoms with van der Waals surface area (Å²) in [5.41, 5.74) is 0. The highest BCUT2D eigenvalue weighted by Crippen LogP contribution is 2.00. The van der Waals surface area contributed by atoms with Crippen LogP contribution in [0.5, 0.6) is 0 Å². The minimum absolute atomic E-state index is 0.709. The molecule has 4 heteroatoms. The molecule has 4 nitrogen and oxygen atoms in total. The maximum Gasteiger partial charge on any atom is 0.180 e. The molecular formula is C10H12N2O2. The largest absolute Gasteiger partial charge is 0.469 e. The van der Waals surface area contributed by atoms with Gasteiger partial charge in [0.15, 0.2) is 6.39 Å². The van der Waals surface area contributed by atoms with Gasteiger partial charge in [-0.3, -0.25) is 0 Å². The first kappa shape index (κ1) is 9.02. The molecule has 0 saturated carbocycles. The van der Waals surface area contributed by atoms with Crippen LogP contribution in [0.1, 0.15) is 11.5 Å². The van der Waals surface area contributed by atoms with E-state index in [-0.39, 0.29) is 0 Å². The number of nitrogens with one attached hydrogen (secondary N) is 1. The van der Waals surface area contributed by atoms with Crippen LogP contribution in [0.2, 0.25) is 0 Å². The Kier molecular flexibility index (Phi) is 2.98. The van der Waals surface area contributed by atoms with E-state index in [4.69, 9.17) is 8.83 Å². The molecule has 2 heterocycles. The molecule has 0 fully saturated rings. The predicted molar refractivity (Wildman–Crippen MR) is 50.6 cm³/mol. The van der Waals surface area contributed by atoms with E-state index in [0.29, 0.717) is 6.54 Å². The number of furan rings is 1. The van der Waals surface area contributed by atoms with Crippen molar-refractivity contribution >= 4 is 0 Å². The highest BCUT2D eigenvalue weighted by molar-refractivity contribution is 4.98. The summed E-state index contributed by atoms with van der Waals surface area (Å²) in [5, 5.41) is 3.23. The van der Waals surface area contributed by atoms with Gasteiger partial charge in [0.2, 0.25) is 0 Å². The number of hydrogen-bond donors (Lipinski definition) is 1. The summed E-state index contributed by atoms with van der Waals surface area (Å²) in [6.07, 6.45) is 5.72. The Hall–Kier alpha value is -1.55. The molecule has 2 aromatic rings. The van der Waals surface area contributed by atoms with E-state index >= 15 is 0 Å². The van der Waals surface area contributed by atoms with Crippen LogP contribution < -0.4 is 5.32 Å². The van der Waals surface area contributed by atoms with Gasteiger partial charge < -0.3 is 14.2 Å². The summed E-state index contributed by atoms with van der Waals surface area (Å²) in [4.78, 5) is 3.83. The zero-order valence-electron chi connectivity index (χ0n) is 7.77. The smallest absolute Gasteiger partial charge is 0.180 e. The van der Waals surface area contributed by atoms with E-state index in [1.807, 2.05) is 12.1 Å². The lowest BCUT2D eigenvalue weighted by Gasteiger charge is -1.99. The molecule has 0 radical (unpaired) electrons. The van der Waals surface area contributed by atoms with Gasteiger partial charge in [-0.25, -0.2) is 4.98 Å². The lowest BCUT2D eigenvalue weighted by Crippen LogP contribution is -2.15. The zero-order valence-corrected chi connectivity index (χ0v) is 7.77. The molecule has 14 heavy (non-hydrogen) atoms. The van der Waals surface area contributed by atoms with Crippen LogP contribution in [0.25, 0.3) is 0 Å². The van der Waals surface area contributed by atoms with Crippen molar-refractivity contribution in [3.63, 3.8) is 0 Å². The molecule has 0 bridgehead atoms. The van der Waals surface area contributed by atoms with Crippen LogP contribution in [0.3, 0.4) is 0 Å². The summed E-state index contributed by atoms with van der Waals surface area (Å²) in [5.74, 6) is 1.85. The van der Waals surface area contributed by atoms with E-state index in [9.17, 15) is 0 Å². The molecule has 74 valence electrons. The van der Waals surface area contributed by atoms with Crippen molar-refractivity contribution < 1.29 is 8.83 Å². The Labute approximate surface area is 81.9 Å². The minimum Gasteiger partial charge on any atom is -0.469 e. The summed E-state index contributed by atoms with van der Waals surface area (Å²) >= 11 is 0. The normalized spacial score (nSPS) is 10.6. The zero-order chi connectivity index (χ0) is 9.64. The van der Waals surface area contributed by atoms with Crippen LogP contribution in [0.15, 0.2) is 39.8 Å². The second kappa shape index (κ2) is 4.62. The molecule has 2 rings (SSSR count). The van der Waals surface area contributed by atoms with Crippen molar-refractivity contribution in [2.24, 2.45) is 0 Å². The summed E-state index contributed by atoms with van der Waals surface area (Å²) in [6.45, 7) is 1.58. The van der Waals surface area contributed by atoms with E-state index < -0.39 is 0 Å². The summed E-state index contributed by atoms with van der Waals surface area (Å²) in [7, 11) is 0. The molecule has 0 unspecified atom stereocenters. The maximum absolute atomic E-state index is 5.19. The van der Waals surface area contributed by atoms with Crippen molar-refractivity contribution in [2.75, 3.05) is 6.54 Å². The third-order valence-corrected chi connectivity index (χ3v) is 1.91. The number of nitrogens with zero attached hydrogens (tertiary/aromatic N) is 1. The second-order valence-electron chi connectivity index (χ2n) is 2.97. The SMILES string of the molecule is c1coc(CCNCc2cnco2)c1. The fourth-order valence-electron chi connectivity index (χ4n) is 1.21. The molecule has 1 N–H and O–H groups in total. The van der Waals surface area contributed by atoms with Crippen LogP contribution in [-0.2, 0) is 13.0 Å². The Balaban J connectivity index is 1.65. The van der Waals surface area contributed by atoms with E-state index in [2.05, 4.69) is 10.3 Å². The van der Waals surface area contributed by atoms with Crippen molar-refractivity contribution in [3.05, 3.63) is 42.5 Å². The fraction of sp³-hybridized carbons (Fsp3) is 0.300. The quantitative estimate of drug-likeness (QED) is 0.731. The first-order valence-corrected chi connectivity index (χ1v) is 4.55. The van der Waals surface area contributed by atoms with Crippen LogP contribution >= 0.6 is 0 Å². The van der Waals surface area contributed by atoms with Gasteiger partial charge in [-0.15, -0.1) is 0 Å². The van der Waals surface area contributed by atoms with Gasteiger partial charge in [0.05, 0.1) is 19.0 Å². The molecule has 0 atom stereocenters. The highest BCUT2D eigenvalue weighted by Gasteiger charge is 1.97. The van der Waals surface area contributed by atoms with Gasteiger partial charge in [0.25, 0.3) is 0 Å². The van der Waals surface area contributed by atoms with E-state index in [1.165, 1.54) is 6.39 Å². The van der Waals surface area contributed by atoms with E-state index in [0.717, 1.165) is 24.5 Å². The molecule has 0 aliphatic rings. The lowest BCUT2D eigenvalue weighted by molar-refractivity contribution is 0.466. The topological polar surface area (TPSA) is 51.2 Å². The first-order chi connectivity index (χ1) is 6.95. The Morgan fingerprint density at radius 2 is 2.29 bits per heavy atom. The van der Waals surface area contributed by atoms with E-state index in [1.54, 1.807) is 12.5 Å². The number of rotatable bonds is 5. The molecule has 0 aliphatic heterocycles. The molecular weight excluding hydrogens is 180 g/mol. The molecule has 2 aromatic heterocycles. The second-order valence-corrected chi connectivity index (χ2v) is 2.97. The fourth-order valence-corrected chi connectivity index (χ4v) is 1.21. The molecule has 0 saturated heterocycles. The first-order valence-electron chi connectivity index (χ1n) is 4.55. The number of hydrogen-bond acceptors (Lipinski definition) is 4. The maximum atomic E-state index is 5.19. The van der Waals surface area contributed by atoms with Crippen molar-refractivity contribution in [3.8, 4) is 0 Å². The van der Waals surface area contributed by atoms with Crippen LogP contribution in [0, 0.1) is 0 Å². The standard InChI is InChI=1S/C10H12N2O2/c1-2-9(13-5-1)3-4-11-6-10-7-12-8-14-10/h1-2,5,7-8,11H,3-4,6H2. The minimum atomic E-state index is 0.709. The molecule has 0 aliphatic carbocycles. The van der Waals surface area contributed by atoms with Crippen molar-refractivity contribution in [1.82, 2.24) is 10.3 Å². The van der Waals surface area contributed by atoms with Gasteiger partial charge in [-0.1, -0.05) is 0 Å². The summed E-state index contributed by atoms with van der Waals surface area (Å²) in [6, 6.07) is 3.86. The Morgan fingerprint density at radius 1 is 1.29 bits per heavy atom. The average molecular weight is 192 g/mol. The third-order valence-electron chi connectivity index (χ3n) is 1.91. The van der Waals surface area contributed by atoms with Crippen molar-refractivity contribution in [1.29, 1.82) is 0 Å². The van der Waals surface area contributed by atoms with Gasteiger partial charge in [-0.05, 0) is 12.1 Å². The average Bonchev–Trinajstić information content (AvgIpc) is 2.86. The van der Waals surface area contributed by atoms with Gasteiger partial charge >= 0.3 is 0 Å². The summed E-state index contributed by atoms with van der Waals surface area (Å²) < 4.78 is 10.3. The lowest BCUT2D eigenvalue weighted by atomic mass is 10.3. The third kappa shape index (κ3) is 2.47. The van der Waals surface area contributed by atoms with Crippen molar-refractivity contribution in [2.45, 2.75) is 13.0 Å². The van der Waals surface area contributed by atoms with Crippen LogP contribution in [-0.4, -0.2) is 11.5 Å². The molecule has 0 spiro atoms. The van der Waals surface area contributed by atoms with Gasteiger partial charge in [0, 0.05) is 13.0 Å². The molecule has 0 aromatic carbocycles. The number of oxazole rings is 1. The van der Waals surface area contributed by atoms with Gasteiger partial charge in [0.1, 0.15) is 11.5 Å². The highest BCUT2D eigenvalue weighted by atomic mass is 16.3. The monoisotopic (exact) mass is 192 g/mol. The molecule has 0 amide bonds. The Morgan fingerprint density at radius 3 is 3.00 bits per heavy atom.